The molecular weight excluding hydrogens is 288 g/mol. The van der Waals surface area contributed by atoms with Crippen molar-refractivity contribution in [2.45, 2.75) is 57.1 Å². The van der Waals surface area contributed by atoms with Crippen molar-refractivity contribution in [1.82, 2.24) is 9.62 Å². The summed E-state index contributed by atoms with van der Waals surface area (Å²) in [6, 6.07) is 0.428. The highest BCUT2D eigenvalue weighted by Gasteiger charge is 2.28. The van der Waals surface area contributed by atoms with Crippen LogP contribution in [-0.2, 0) is 14.8 Å². The average molecular weight is 318 g/mol. The quantitative estimate of drug-likeness (QED) is 0.808. The van der Waals surface area contributed by atoms with Crippen molar-refractivity contribution in [2.75, 3.05) is 33.0 Å². The lowest BCUT2D eigenvalue weighted by Gasteiger charge is -2.34. The molecule has 2 aliphatic rings. The molecule has 0 aromatic heterocycles. The third kappa shape index (κ3) is 5.51. The number of sulfonamides is 1. The van der Waals surface area contributed by atoms with Gasteiger partial charge in [0.1, 0.15) is 0 Å². The fourth-order valence-corrected chi connectivity index (χ4v) is 4.51. The van der Waals surface area contributed by atoms with Crippen LogP contribution in [0.15, 0.2) is 0 Å². The highest BCUT2D eigenvalue weighted by molar-refractivity contribution is 7.88. The molecule has 0 amide bonds. The molecule has 0 spiro atoms. The van der Waals surface area contributed by atoms with Crippen molar-refractivity contribution in [2.24, 2.45) is 5.92 Å². The molecule has 2 rings (SSSR count). The molecular formula is C15H30N2O3S. The third-order valence-corrected chi connectivity index (χ3v) is 6.07. The van der Waals surface area contributed by atoms with E-state index < -0.39 is 10.0 Å². The van der Waals surface area contributed by atoms with Crippen LogP contribution in [0, 0.1) is 5.92 Å². The Morgan fingerprint density at radius 2 is 2.05 bits per heavy atom. The van der Waals surface area contributed by atoms with Crippen LogP contribution in [0.4, 0.5) is 0 Å². The summed E-state index contributed by atoms with van der Waals surface area (Å²) in [5.41, 5.74) is 0. The Balaban J connectivity index is 1.83. The van der Waals surface area contributed by atoms with Crippen molar-refractivity contribution in [3.63, 3.8) is 0 Å². The Labute approximate surface area is 129 Å². The zero-order chi connectivity index (χ0) is 15.3. The van der Waals surface area contributed by atoms with Crippen LogP contribution in [0.5, 0.6) is 0 Å². The molecule has 2 fully saturated rings. The molecule has 0 aliphatic carbocycles. The maximum absolute atomic E-state index is 11.7. The van der Waals surface area contributed by atoms with E-state index in [1.54, 1.807) is 4.31 Å². The van der Waals surface area contributed by atoms with Gasteiger partial charge < -0.3 is 10.1 Å². The monoisotopic (exact) mass is 318 g/mol. The second kappa shape index (κ2) is 7.90. The van der Waals surface area contributed by atoms with E-state index >= 15 is 0 Å². The lowest BCUT2D eigenvalue weighted by Crippen LogP contribution is -2.42. The van der Waals surface area contributed by atoms with Gasteiger partial charge in [-0.25, -0.2) is 12.7 Å². The van der Waals surface area contributed by atoms with Gasteiger partial charge in [0.15, 0.2) is 0 Å². The molecule has 2 saturated heterocycles. The van der Waals surface area contributed by atoms with Crippen LogP contribution in [0.2, 0.25) is 0 Å². The van der Waals surface area contributed by atoms with Gasteiger partial charge in [0.2, 0.25) is 10.0 Å². The predicted molar refractivity (Wildman–Crippen MR) is 84.8 cm³/mol. The fourth-order valence-electron chi connectivity index (χ4n) is 3.57. The zero-order valence-corrected chi connectivity index (χ0v) is 14.2. The lowest BCUT2D eigenvalue weighted by molar-refractivity contribution is 0.00368. The smallest absolute Gasteiger partial charge is 0.211 e. The molecule has 124 valence electrons. The second-order valence-electron chi connectivity index (χ2n) is 6.57. The zero-order valence-electron chi connectivity index (χ0n) is 13.4. The Morgan fingerprint density at radius 1 is 1.24 bits per heavy atom. The first-order valence-electron chi connectivity index (χ1n) is 8.23. The number of rotatable bonds is 6. The first kappa shape index (κ1) is 17.2. The molecule has 0 bridgehead atoms. The summed E-state index contributed by atoms with van der Waals surface area (Å²) in [4.78, 5) is 0. The Morgan fingerprint density at radius 3 is 2.67 bits per heavy atom. The summed E-state index contributed by atoms with van der Waals surface area (Å²) >= 11 is 0. The van der Waals surface area contributed by atoms with Crippen molar-refractivity contribution < 1.29 is 13.2 Å². The van der Waals surface area contributed by atoms with Crippen LogP contribution in [0.25, 0.3) is 0 Å². The van der Waals surface area contributed by atoms with Crippen LogP contribution in [0.3, 0.4) is 0 Å². The minimum Gasteiger partial charge on any atom is -0.378 e. The summed E-state index contributed by atoms with van der Waals surface area (Å²) < 4.78 is 30.9. The Kier molecular flexibility index (Phi) is 6.47. The lowest BCUT2D eigenvalue weighted by atomic mass is 9.89. The maximum atomic E-state index is 11.7. The topological polar surface area (TPSA) is 58.6 Å². The van der Waals surface area contributed by atoms with Crippen LogP contribution < -0.4 is 5.32 Å². The van der Waals surface area contributed by atoms with Crippen LogP contribution in [0.1, 0.15) is 44.9 Å². The largest absolute Gasteiger partial charge is 0.378 e. The Bertz CT molecular complexity index is 407. The fraction of sp³-hybridized carbons (Fsp3) is 1.00. The van der Waals surface area contributed by atoms with E-state index in [0.717, 1.165) is 38.7 Å². The molecule has 5 nitrogen and oxygen atoms in total. The van der Waals surface area contributed by atoms with Crippen molar-refractivity contribution in [3.05, 3.63) is 0 Å². The maximum Gasteiger partial charge on any atom is 0.211 e. The SMILES string of the molecule is CNC(CC1CCCN(S(C)(=O)=O)C1)CC1CCCCO1. The molecule has 0 aromatic carbocycles. The second-order valence-corrected chi connectivity index (χ2v) is 8.56. The number of ether oxygens (including phenoxy) is 1. The Hall–Kier alpha value is -0.170. The highest BCUT2D eigenvalue weighted by atomic mass is 32.2. The minimum atomic E-state index is -3.04. The molecule has 2 heterocycles. The molecule has 1 N–H and O–H groups in total. The molecule has 6 heteroatoms. The summed E-state index contributed by atoms with van der Waals surface area (Å²) in [5.74, 6) is 0.467. The van der Waals surface area contributed by atoms with Gasteiger partial charge in [-0.3, -0.25) is 0 Å². The number of hydrogen-bond donors (Lipinski definition) is 1. The van der Waals surface area contributed by atoms with Gasteiger partial charge in [0, 0.05) is 25.7 Å². The normalized spacial score (nSPS) is 30.2. The van der Waals surface area contributed by atoms with Gasteiger partial charge in [-0.1, -0.05) is 0 Å². The average Bonchev–Trinajstić information content (AvgIpc) is 2.47. The summed E-state index contributed by atoms with van der Waals surface area (Å²) in [5, 5.41) is 3.40. The van der Waals surface area contributed by atoms with Crippen molar-refractivity contribution in [1.29, 1.82) is 0 Å². The molecule has 3 unspecified atom stereocenters. The summed E-state index contributed by atoms with van der Waals surface area (Å²) in [6.45, 7) is 2.26. The molecule has 0 aromatic rings. The van der Waals surface area contributed by atoms with E-state index in [1.807, 2.05) is 7.05 Å². The number of nitrogens with one attached hydrogen (secondary N) is 1. The van der Waals surface area contributed by atoms with E-state index in [9.17, 15) is 8.42 Å². The number of nitrogens with zero attached hydrogens (tertiary/aromatic N) is 1. The van der Waals surface area contributed by atoms with Gasteiger partial charge in [-0.05, 0) is 57.9 Å². The van der Waals surface area contributed by atoms with Crippen molar-refractivity contribution >= 4 is 10.0 Å². The standard InChI is InChI=1S/C15H30N2O3S/c1-16-14(11-15-7-3-4-9-20-15)10-13-6-5-8-17(12-13)21(2,18)19/h13-16H,3-12H2,1-2H3. The molecule has 21 heavy (non-hydrogen) atoms. The van der Waals surface area contributed by atoms with Gasteiger partial charge in [0.05, 0.1) is 12.4 Å². The third-order valence-electron chi connectivity index (χ3n) is 4.80. The predicted octanol–water partition coefficient (Wildman–Crippen LogP) is 1.60. The van der Waals surface area contributed by atoms with Gasteiger partial charge in [-0.2, -0.15) is 0 Å². The first-order valence-corrected chi connectivity index (χ1v) is 10.1. The first-order chi connectivity index (χ1) is 9.99. The van der Waals surface area contributed by atoms with E-state index in [-0.39, 0.29) is 0 Å². The van der Waals surface area contributed by atoms with Crippen LogP contribution >= 0.6 is 0 Å². The molecule has 0 radical (unpaired) electrons. The molecule has 2 aliphatic heterocycles. The number of hydrogen-bond acceptors (Lipinski definition) is 4. The van der Waals surface area contributed by atoms with E-state index in [0.29, 0.717) is 31.2 Å². The van der Waals surface area contributed by atoms with E-state index in [1.165, 1.54) is 19.1 Å². The summed E-state index contributed by atoms with van der Waals surface area (Å²) in [7, 11) is -1.04. The highest BCUT2D eigenvalue weighted by Crippen LogP contribution is 2.25. The number of piperidine rings is 1. The summed E-state index contributed by atoms with van der Waals surface area (Å²) in [6.07, 6.45) is 9.53. The molecule has 0 saturated carbocycles. The van der Waals surface area contributed by atoms with Crippen molar-refractivity contribution in [3.8, 4) is 0 Å². The van der Waals surface area contributed by atoms with E-state index in [2.05, 4.69) is 5.32 Å². The van der Waals surface area contributed by atoms with Gasteiger partial charge in [-0.15, -0.1) is 0 Å². The van der Waals surface area contributed by atoms with E-state index in [4.69, 9.17) is 4.74 Å². The van der Waals surface area contributed by atoms with Gasteiger partial charge >= 0.3 is 0 Å². The van der Waals surface area contributed by atoms with Gasteiger partial charge in [0.25, 0.3) is 0 Å². The molecule has 3 atom stereocenters. The minimum absolute atomic E-state index is 0.380. The van der Waals surface area contributed by atoms with Crippen LogP contribution in [-0.4, -0.2) is 57.9 Å².